The minimum Gasteiger partial charge on any atom is -0.325 e. The van der Waals surface area contributed by atoms with Crippen molar-refractivity contribution in [3.8, 4) is 0 Å². The molecule has 2 rings (SSSR count). The number of thioether (sulfide) groups is 1. The molecule has 1 heterocycles. The summed E-state index contributed by atoms with van der Waals surface area (Å²) in [6.45, 7) is 0. The molecule has 1 atom stereocenters. The van der Waals surface area contributed by atoms with Crippen LogP contribution in [0.5, 0.6) is 0 Å². The zero-order chi connectivity index (χ0) is 7.73. The molecule has 0 amide bonds. The monoisotopic (exact) mass is 171 g/mol. The first-order chi connectivity index (χ1) is 5.31. The van der Waals surface area contributed by atoms with Gasteiger partial charge < -0.3 is 5.73 Å². The van der Waals surface area contributed by atoms with Crippen LogP contribution >= 0.6 is 11.8 Å². The van der Waals surface area contributed by atoms with Crippen molar-refractivity contribution < 1.29 is 0 Å². The molecule has 1 unspecified atom stereocenters. The van der Waals surface area contributed by atoms with Gasteiger partial charge in [0.1, 0.15) is 0 Å². The summed E-state index contributed by atoms with van der Waals surface area (Å²) in [5.74, 6) is 3.58. The predicted octanol–water partition coefficient (Wildman–Crippen LogP) is 2.01. The summed E-state index contributed by atoms with van der Waals surface area (Å²) in [6, 6.07) is 0. The van der Waals surface area contributed by atoms with Crippen molar-refractivity contribution >= 4 is 11.8 Å². The van der Waals surface area contributed by atoms with Crippen LogP contribution in [0, 0.1) is 5.92 Å². The van der Waals surface area contributed by atoms with Gasteiger partial charge in [0.05, 0.1) is 0 Å². The molecule has 2 N–H and O–H groups in total. The van der Waals surface area contributed by atoms with E-state index in [2.05, 4.69) is 11.8 Å². The van der Waals surface area contributed by atoms with Gasteiger partial charge in [-0.25, -0.2) is 0 Å². The van der Waals surface area contributed by atoms with Gasteiger partial charge in [0.2, 0.25) is 0 Å². The largest absolute Gasteiger partial charge is 0.325 e. The van der Waals surface area contributed by atoms with Crippen molar-refractivity contribution in [2.75, 3.05) is 11.5 Å². The highest BCUT2D eigenvalue weighted by atomic mass is 32.2. The maximum Gasteiger partial charge on any atom is 0.0184 e. The van der Waals surface area contributed by atoms with Crippen molar-refractivity contribution in [3.63, 3.8) is 0 Å². The van der Waals surface area contributed by atoms with E-state index in [1.54, 1.807) is 0 Å². The number of hydrogen-bond acceptors (Lipinski definition) is 2. The smallest absolute Gasteiger partial charge is 0.0184 e. The second-order valence-electron chi connectivity index (χ2n) is 3.97. The summed E-state index contributed by atoms with van der Waals surface area (Å²) in [5.41, 5.74) is 6.48. The zero-order valence-corrected chi connectivity index (χ0v) is 7.83. The summed E-state index contributed by atoms with van der Waals surface area (Å²) in [6.07, 6.45) is 6.75. The van der Waals surface area contributed by atoms with Crippen molar-refractivity contribution in [2.24, 2.45) is 11.7 Å². The van der Waals surface area contributed by atoms with E-state index in [4.69, 9.17) is 5.73 Å². The van der Waals surface area contributed by atoms with E-state index in [0.29, 0.717) is 5.54 Å². The molecule has 0 aromatic carbocycles. The summed E-state index contributed by atoms with van der Waals surface area (Å²) in [4.78, 5) is 0. The van der Waals surface area contributed by atoms with Crippen LogP contribution < -0.4 is 5.73 Å². The van der Waals surface area contributed by atoms with Crippen LogP contribution in [0.4, 0.5) is 0 Å². The van der Waals surface area contributed by atoms with E-state index >= 15 is 0 Å². The lowest BCUT2D eigenvalue weighted by Gasteiger charge is -2.20. The lowest BCUT2D eigenvalue weighted by atomic mass is 9.91. The molecular weight excluding hydrogens is 154 g/mol. The molecule has 2 fully saturated rings. The minimum atomic E-state index is 0.297. The average molecular weight is 171 g/mol. The second kappa shape index (κ2) is 2.98. The Morgan fingerprint density at radius 1 is 1.18 bits per heavy atom. The second-order valence-corrected chi connectivity index (χ2v) is 5.20. The topological polar surface area (TPSA) is 26.0 Å². The summed E-state index contributed by atoms with van der Waals surface area (Å²) >= 11 is 2.11. The van der Waals surface area contributed by atoms with Crippen LogP contribution in [-0.4, -0.2) is 17.0 Å². The highest BCUT2D eigenvalue weighted by Crippen LogP contribution is 2.44. The van der Waals surface area contributed by atoms with Crippen LogP contribution in [0.3, 0.4) is 0 Å². The van der Waals surface area contributed by atoms with E-state index in [-0.39, 0.29) is 0 Å². The molecule has 2 heteroatoms. The molecule has 2 aliphatic rings. The molecule has 1 saturated heterocycles. The maximum absolute atomic E-state index is 6.18. The van der Waals surface area contributed by atoms with Gasteiger partial charge in [0.15, 0.2) is 0 Å². The Balaban J connectivity index is 1.90. The van der Waals surface area contributed by atoms with E-state index < -0.39 is 0 Å². The van der Waals surface area contributed by atoms with Crippen LogP contribution in [0.25, 0.3) is 0 Å². The Hall–Kier alpha value is 0.310. The van der Waals surface area contributed by atoms with E-state index in [9.17, 15) is 0 Å². The van der Waals surface area contributed by atoms with Gasteiger partial charge in [-0.05, 0) is 49.5 Å². The standard InChI is InChI=1S/C9H17NS/c10-9(4-5-9)8-2-1-6-11-7-3-8/h8H,1-7,10H2. The maximum atomic E-state index is 6.18. The summed E-state index contributed by atoms with van der Waals surface area (Å²) in [5, 5.41) is 0. The predicted molar refractivity (Wildman–Crippen MR) is 50.8 cm³/mol. The van der Waals surface area contributed by atoms with Gasteiger partial charge in [-0.3, -0.25) is 0 Å². The van der Waals surface area contributed by atoms with Crippen molar-refractivity contribution in [3.05, 3.63) is 0 Å². The normalized spacial score (nSPS) is 36.3. The molecule has 1 aliphatic heterocycles. The summed E-state index contributed by atoms with van der Waals surface area (Å²) in [7, 11) is 0. The van der Waals surface area contributed by atoms with Crippen molar-refractivity contribution in [1.29, 1.82) is 0 Å². The lowest BCUT2D eigenvalue weighted by Crippen LogP contribution is -2.32. The number of nitrogens with two attached hydrogens (primary N) is 1. The Kier molecular flexibility index (Phi) is 2.15. The number of hydrogen-bond donors (Lipinski definition) is 1. The Morgan fingerprint density at radius 3 is 2.73 bits per heavy atom. The van der Waals surface area contributed by atoms with Gasteiger partial charge in [0.25, 0.3) is 0 Å². The minimum absolute atomic E-state index is 0.297. The average Bonchev–Trinajstić information content (AvgIpc) is 2.73. The fourth-order valence-electron chi connectivity index (χ4n) is 2.03. The SMILES string of the molecule is NC1(C2CCCSCC2)CC1. The van der Waals surface area contributed by atoms with Crippen LogP contribution in [0.2, 0.25) is 0 Å². The molecular formula is C9H17NS. The molecule has 0 aromatic heterocycles. The van der Waals surface area contributed by atoms with Crippen LogP contribution in [0.1, 0.15) is 32.1 Å². The molecule has 0 bridgehead atoms. The zero-order valence-electron chi connectivity index (χ0n) is 7.01. The highest BCUT2D eigenvalue weighted by Gasteiger charge is 2.44. The molecule has 11 heavy (non-hydrogen) atoms. The Labute approximate surface area is 73.1 Å². The first-order valence-corrected chi connectivity index (χ1v) is 5.83. The molecule has 0 radical (unpaired) electrons. The van der Waals surface area contributed by atoms with E-state index in [1.807, 2.05) is 0 Å². The summed E-state index contributed by atoms with van der Waals surface area (Å²) < 4.78 is 0. The molecule has 1 saturated carbocycles. The third-order valence-corrected chi connectivity index (χ3v) is 4.19. The van der Waals surface area contributed by atoms with E-state index in [1.165, 1.54) is 43.6 Å². The first-order valence-electron chi connectivity index (χ1n) is 4.68. The van der Waals surface area contributed by atoms with Crippen LogP contribution in [-0.2, 0) is 0 Å². The van der Waals surface area contributed by atoms with Gasteiger partial charge in [-0.1, -0.05) is 0 Å². The first kappa shape index (κ1) is 7.93. The fraction of sp³-hybridized carbons (Fsp3) is 1.00. The number of rotatable bonds is 1. The highest BCUT2D eigenvalue weighted by molar-refractivity contribution is 7.99. The third kappa shape index (κ3) is 1.73. The Morgan fingerprint density at radius 2 is 2.00 bits per heavy atom. The Bertz CT molecular complexity index is 134. The van der Waals surface area contributed by atoms with Gasteiger partial charge >= 0.3 is 0 Å². The van der Waals surface area contributed by atoms with E-state index in [0.717, 1.165) is 5.92 Å². The molecule has 64 valence electrons. The van der Waals surface area contributed by atoms with Gasteiger partial charge in [0, 0.05) is 5.54 Å². The quantitative estimate of drug-likeness (QED) is 0.653. The molecule has 1 aliphatic carbocycles. The molecule has 0 aromatic rings. The fourth-order valence-corrected chi connectivity index (χ4v) is 3.06. The third-order valence-electron chi connectivity index (χ3n) is 3.09. The van der Waals surface area contributed by atoms with Crippen LogP contribution in [0.15, 0.2) is 0 Å². The lowest BCUT2D eigenvalue weighted by molar-refractivity contribution is 0.370. The van der Waals surface area contributed by atoms with Crippen molar-refractivity contribution in [1.82, 2.24) is 0 Å². The molecule has 1 nitrogen and oxygen atoms in total. The van der Waals surface area contributed by atoms with Gasteiger partial charge in [-0.15, -0.1) is 0 Å². The molecule has 0 spiro atoms. The van der Waals surface area contributed by atoms with Crippen molar-refractivity contribution in [2.45, 2.75) is 37.6 Å². The van der Waals surface area contributed by atoms with Gasteiger partial charge in [-0.2, -0.15) is 11.8 Å².